The molecule has 1 fully saturated rings. The number of carbonyl (C=O) groups is 2. The van der Waals surface area contributed by atoms with Gasteiger partial charge in [0, 0.05) is 78.8 Å². The zero-order valence-electron chi connectivity index (χ0n) is 35.5. The van der Waals surface area contributed by atoms with Crippen LogP contribution >= 0.6 is 15.9 Å². The minimum atomic E-state index is -4.27. The second kappa shape index (κ2) is 19.9. The van der Waals surface area contributed by atoms with Crippen molar-refractivity contribution in [2.24, 2.45) is 0 Å². The van der Waals surface area contributed by atoms with Gasteiger partial charge < -0.3 is 39.8 Å². The molecule has 15 nitrogen and oxygen atoms in total. The van der Waals surface area contributed by atoms with Crippen LogP contribution in [0.4, 0.5) is 16.2 Å². The molecule has 2 aliphatic rings. The van der Waals surface area contributed by atoms with E-state index in [4.69, 9.17) is 13.7 Å². The molecule has 1 aromatic heterocycles. The number of piperidine rings is 1. The third-order valence-corrected chi connectivity index (χ3v) is 13.6. The summed E-state index contributed by atoms with van der Waals surface area (Å²) >= 11 is 3.33. The number of phenolic OH excluding ortho intramolecular Hbond substituents is 2. The van der Waals surface area contributed by atoms with Crippen LogP contribution in [-0.4, -0.2) is 86.5 Å². The Hall–Kier alpha value is -6.24. The lowest BCUT2D eigenvalue weighted by molar-refractivity contribution is -0.118. The Morgan fingerprint density at radius 3 is 2.43 bits per heavy atom. The van der Waals surface area contributed by atoms with Gasteiger partial charge in [-0.05, 0) is 96.6 Å². The highest BCUT2D eigenvalue weighted by molar-refractivity contribution is 9.10. The fourth-order valence-electron chi connectivity index (χ4n) is 8.35. The highest BCUT2D eigenvalue weighted by atomic mass is 79.9. The second-order valence-electron chi connectivity index (χ2n) is 15.9. The number of phenols is 2. The molecule has 0 spiro atoms. The number of nitrogens with one attached hydrogen (secondary N) is 3. The largest absolute Gasteiger partial charge is 0.508 e. The number of H-pyrrole nitrogens is 1. The van der Waals surface area contributed by atoms with Crippen molar-refractivity contribution in [3.05, 3.63) is 141 Å². The number of hydrogen-bond acceptors (Lipinski definition) is 12. The molecule has 0 saturated carbocycles. The van der Waals surface area contributed by atoms with Crippen molar-refractivity contribution in [2.45, 2.75) is 49.3 Å². The summed E-state index contributed by atoms with van der Waals surface area (Å²) in [4.78, 5) is 45.3. The van der Waals surface area contributed by atoms with Crippen LogP contribution in [0.1, 0.15) is 42.1 Å². The Labute approximate surface area is 384 Å². The van der Waals surface area contributed by atoms with Crippen LogP contribution < -0.4 is 25.8 Å². The van der Waals surface area contributed by atoms with Crippen molar-refractivity contribution in [2.75, 3.05) is 50.1 Å². The second-order valence-corrected chi connectivity index (χ2v) is 18.4. The number of anilines is 2. The summed E-state index contributed by atoms with van der Waals surface area (Å²) < 4.78 is 45.3. The minimum absolute atomic E-state index is 0.00355. The first-order valence-corrected chi connectivity index (χ1v) is 23.4. The molecule has 0 aliphatic carbocycles. The molecule has 5 N–H and O–H groups in total. The van der Waals surface area contributed by atoms with Crippen molar-refractivity contribution in [1.29, 1.82) is 0 Å². The van der Waals surface area contributed by atoms with Crippen molar-refractivity contribution in [3.8, 4) is 28.4 Å². The Balaban J connectivity index is 0.864. The van der Waals surface area contributed by atoms with E-state index in [1.165, 1.54) is 30.3 Å². The van der Waals surface area contributed by atoms with Gasteiger partial charge in [0.25, 0.3) is 10.1 Å². The standard InChI is InChI=1S/C48H48BrN5O10S/c1-62-43-27-41-31(26-32(43)28-50-29-44(64-65(60,61)36-12-8-33(49)9-13-36)38-14-16-42(56)47-39(38)15-17-45(57)52-47)18-25-54(41)46(58)21-24-53-22-19-35(20-23-53)63-48(59)51-40-5-3-2-4-37(40)30-6-10-34(55)11-7-30/h2-17,26-27,35,44,50,55-56H,18-25,28-29H2,1H3,(H,51,59)(H,52,57)/t44-/m0/s1. The van der Waals surface area contributed by atoms with Crippen LogP contribution in [-0.2, 0) is 36.8 Å². The highest BCUT2D eigenvalue weighted by Crippen LogP contribution is 2.37. The number of fused-ring (bicyclic) bond motifs is 2. The van der Waals surface area contributed by atoms with Crippen LogP contribution in [0.5, 0.6) is 17.2 Å². The van der Waals surface area contributed by atoms with Gasteiger partial charge in [0.2, 0.25) is 11.5 Å². The molecule has 8 rings (SSSR count). The first-order valence-electron chi connectivity index (χ1n) is 21.2. The van der Waals surface area contributed by atoms with Gasteiger partial charge >= 0.3 is 6.09 Å². The molecule has 0 bridgehead atoms. The lowest BCUT2D eigenvalue weighted by atomic mass is 10.0. The number of carbonyl (C=O) groups excluding carboxylic acids is 2. The number of likely N-dealkylation sites (tertiary alicyclic amines) is 1. The van der Waals surface area contributed by atoms with E-state index in [0.717, 1.165) is 27.9 Å². The van der Waals surface area contributed by atoms with Crippen LogP contribution in [0.2, 0.25) is 0 Å². The number of ether oxygens (including phenoxy) is 2. The maximum atomic E-state index is 13.7. The Morgan fingerprint density at radius 2 is 1.68 bits per heavy atom. The van der Waals surface area contributed by atoms with E-state index in [2.05, 4.69) is 36.4 Å². The van der Waals surface area contributed by atoms with Gasteiger partial charge in [0.15, 0.2) is 0 Å². The minimum Gasteiger partial charge on any atom is -0.508 e. The molecule has 0 unspecified atom stereocenters. The van der Waals surface area contributed by atoms with E-state index in [1.807, 2.05) is 30.3 Å². The average molecular weight is 967 g/mol. The number of methoxy groups -OCH3 is 1. The number of rotatable bonds is 15. The molecule has 2 aliphatic heterocycles. The number of amides is 2. The lowest BCUT2D eigenvalue weighted by Gasteiger charge is -2.31. The topological polar surface area (TPSA) is 200 Å². The SMILES string of the molecule is COc1cc2c(cc1CNC[C@H](OS(=O)(=O)c1ccc(Br)cc1)c1ccc(O)c3[nH]c(=O)ccc13)CCN2C(=O)CCN1CCC(OC(=O)Nc2ccccc2-c2ccc(O)cc2)CC1. The fourth-order valence-corrected chi connectivity index (χ4v) is 9.68. The molecule has 338 valence electrons. The first kappa shape index (κ1) is 45.3. The van der Waals surface area contributed by atoms with Crippen molar-refractivity contribution >= 4 is 60.3 Å². The molecular weight excluding hydrogens is 919 g/mol. The van der Waals surface area contributed by atoms with Gasteiger partial charge in [0.1, 0.15) is 29.5 Å². The summed E-state index contributed by atoms with van der Waals surface area (Å²) in [7, 11) is -2.71. The molecule has 5 aromatic carbocycles. The van der Waals surface area contributed by atoms with Gasteiger partial charge in [0.05, 0.1) is 28.9 Å². The van der Waals surface area contributed by atoms with Crippen LogP contribution in [0.15, 0.2) is 123 Å². The normalized spacial score (nSPS) is 14.8. The summed E-state index contributed by atoms with van der Waals surface area (Å²) in [6.45, 7) is 2.74. The number of benzene rings is 5. The molecule has 65 heavy (non-hydrogen) atoms. The van der Waals surface area contributed by atoms with Crippen molar-refractivity contribution < 1.29 is 41.9 Å². The zero-order valence-corrected chi connectivity index (χ0v) is 37.9. The van der Waals surface area contributed by atoms with Crippen LogP contribution in [0.3, 0.4) is 0 Å². The maximum absolute atomic E-state index is 13.7. The smallest absolute Gasteiger partial charge is 0.411 e. The van der Waals surface area contributed by atoms with E-state index in [-0.39, 0.29) is 47.0 Å². The monoisotopic (exact) mass is 965 g/mol. The molecule has 6 aromatic rings. The number of aromatic hydroxyl groups is 2. The van der Waals surface area contributed by atoms with Crippen LogP contribution in [0, 0.1) is 0 Å². The predicted octanol–water partition coefficient (Wildman–Crippen LogP) is 7.61. The average Bonchev–Trinajstić information content (AvgIpc) is 3.72. The van der Waals surface area contributed by atoms with E-state index >= 15 is 0 Å². The summed E-state index contributed by atoms with van der Waals surface area (Å²) in [6, 6.07) is 29.9. The Kier molecular flexibility index (Phi) is 13.9. The van der Waals surface area contributed by atoms with E-state index in [1.54, 1.807) is 60.5 Å². The number of pyridine rings is 1. The summed E-state index contributed by atoms with van der Waals surface area (Å²) in [5, 5.41) is 26.8. The third-order valence-electron chi connectivity index (χ3n) is 11.7. The third kappa shape index (κ3) is 10.7. The van der Waals surface area contributed by atoms with Gasteiger partial charge in [-0.3, -0.25) is 19.1 Å². The number of para-hydroxylation sites is 1. The summed E-state index contributed by atoms with van der Waals surface area (Å²) in [5.74, 6) is 0.544. The summed E-state index contributed by atoms with van der Waals surface area (Å²) in [6.07, 6.45) is 0.384. The molecule has 0 radical (unpaired) electrons. The Morgan fingerprint density at radius 1 is 0.923 bits per heavy atom. The van der Waals surface area contributed by atoms with Gasteiger partial charge in [-0.15, -0.1) is 0 Å². The number of aromatic nitrogens is 1. The van der Waals surface area contributed by atoms with Gasteiger partial charge in [-0.25, -0.2) is 4.79 Å². The van der Waals surface area contributed by atoms with Crippen molar-refractivity contribution in [3.63, 3.8) is 0 Å². The van der Waals surface area contributed by atoms with Crippen molar-refractivity contribution in [1.82, 2.24) is 15.2 Å². The molecular formula is C48H48BrN5O10S. The predicted molar refractivity (Wildman–Crippen MR) is 250 cm³/mol. The van der Waals surface area contributed by atoms with E-state index in [0.29, 0.717) is 78.7 Å². The number of aromatic amines is 1. The first-order chi connectivity index (χ1) is 31.3. The molecule has 2 amide bonds. The fraction of sp³-hybridized carbons (Fsp3) is 0.271. The molecule has 17 heteroatoms. The lowest BCUT2D eigenvalue weighted by Crippen LogP contribution is -2.40. The molecule has 1 saturated heterocycles. The van der Waals surface area contributed by atoms with Crippen LogP contribution in [0.25, 0.3) is 22.0 Å². The van der Waals surface area contributed by atoms with Gasteiger partial charge in [-0.2, -0.15) is 8.42 Å². The molecule has 3 heterocycles. The number of halogens is 1. The maximum Gasteiger partial charge on any atom is 0.411 e. The quantitative estimate of drug-likeness (QED) is 0.0633. The summed E-state index contributed by atoms with van der Waals surface area (Å²) in [5.41, 5.74) is 5.00. The molecule has 1 atom stereocenters. The zero-order chi connectivity index (χ0) is 45.7. The number of nitrogens with zero attached hydrogens (tertiary/aromatic N) is 2. The highest BCUT2D eigenvalue weighted by Gasteiger charge is 2.30. The van der Waals surface area contributed by atoms with E-state index in [9.17, 15) is 33.0 Å². The van der Waals surface area contributed by atoms with Gasteiger partial charge in [-0.1, -0.05) is 52.3 Å². The number of hydrogen-bond donors (Lipinski definition) is 5. The van der Waals surface area contributed by atoms with E-state index < -0.39 is 27.9 Å². The Bertz CT molecular complexity index is 2870.